The highest BCUT2D eigenvalue weighted by Gasteiger charge is 2.34. The lowest BCUT2D eigenvalue weighted by Crippen LogP contribution is -2.53. The molecule has 4 heterocycles. The van der Waals surface area contributed by atoms with Crippen LogP contribution in [-0.4, -0.2) is 35.7 Å². The van der Waals surface area contributed by atoms with Gasteiger partial charge in [-0.15, -0.1) is 0 Å². The van der Waals surface area contributed by atoms with Crippen molar-refractivity contribution in [1.29, 1.82) is 5.26 Å². The van der Waals surface area contributed by atoms with Gasteiger partial charge in [-0.25, -0.2) is 0 Å². The molecule has 5 heteroatoms. The maximum absolute atomic E-state index is 8.90. The highest BCUT2D eigenvalue weighted by molar-refractivity contribution is 5.89. The van der Waals surface area contributed by atoms with E-state index in [4.69, 9.17) is 9.78 Å². The summed E-state index contributed by atoms with van der Waals surface area (Å²) < 4.78 is 5.34. The summed E-state index contributed by atoms with van der Waals surface area (Å²) in [5, 5.41) is 17.5. The largest absolute Gasteiger partial charge is 0.362 e. The van der Waals surface area contributed by atoms with E-state index in [1.807, 2.05) is 6.07 Å². The standard InChI is InChI=1S/C15H16N4O/c16-8-10-1-2-12-14(7-10)20-18-15(12)17-13-9-19-5-3-11(13)4-6-19/h1-2,7,11,13H,3-6,9H2,(H,17,18)/t13-/m0/s1. The molecule has 1 N–H and O–H groups in total. The molecule has 20 heavy (non-hydrogen) atoms. The molecule has 0 saturated carbocycles. The normalized spacial score (nSPS) is 28.4. The second-order valence-corrected chi connectivity index (χ2v) is 5.74. The summed E-state index contributed by atoms with van der Waals surface area (Å²) in [6.45, 7) is 3.55. The number of aromatic nitrogens is 1. The van der Waals surface area contributed by atoms with Gasteiger partial charge in [0, 0.05) is 18.7 Å². The summed E-state index contributed by atoms with van der Waals surface area (Å²) in [5.74, 6) is 1.55. The zero-order chi connectivity index (χ0) is 13.5. The van der Waals surface area contributed by atoms with Crippen LogP contribution in [0.25, 0.3) is 11.0 Å². The molecule has 0 spiro atoms. The Labute approximate surface area is 117 Å². The average molecular weight is 268 g/mol. The Hall–Kier alpha value is -2.06. The van der Waals surface area contributed by atoms with E-state index in [0.29, 0.717) is 17.2 Å². The van der Waals surface area contributed by atoms with Crippen LogP contribution in [-0.2, 0) is 0 Å². The van der Waals surface area contributed by atoms with Crippen LogP contribution in [0.2, 0.25) is 0 Å². The van der Waals surface area contributed by atoms with E-state index in [9.17, 15) is 0 Å². The molecular formula is C15H16N4O. The Morgan fingerprint density at radius 2 is 2.20 bits per heavy atom. The van der Waals surface area contributed by atoms with Crippen LogP contribution in [0.5, 0.6) is 0 Å². The molecule has 0 amide bonds. The first kappa shape index (κ1) is 11.7. The SMILES string of the molecule is N#Cc1ccc2c(N[C@H]3CN4CCC3CC4)noc2c1. The van der Waals surface area contributed by atoms with Crippen molar-refractivity contribution in [3.8, 4) is 6.07 Å². The summed E-state index contributed by atoms with van der Waals surface area (Å²) in [6, 6.07) is 8.03. The molecule has 102 valence electrons. The van der Waals surface area contributed by atoms with Crippen molar-refractivity contribution in [2.75, 3.05) is 25.0 Å². The van der Waals surface area contributed by atoms with Crippen molar-refractivity contribution < 1.29 is 4.52 Å². The monoisotopic (exact) mass is 268 g/mol. The molecule has 0 radical (unpaired) electrons. The summed E-state index contributed by atoms with van der Waals surface area (Å²) in [5.41, 5.74) is 1.27. The molecule has 3 fully saturated rings. The van der Waals surface area contributed by atoms with Gasteiger partial charge in [0.1, 0.15) is 0 Å². The number of benzene rings is 1. The Kier molecular flexibility index (Phi) is 2.64. The van der Waals surface area contributed by atoms with E-state index in [0.717, 1.165) is 23.7 Å². The van der Waals surface area contributed by atoms with Crippen molar-refractivity contribution in [3.05, 3.63) is 23.8 Å². The highest BCUT2D eigenvalue weighted by atomic mass is 16.5. The first-order chi connectivity index (χ1) is 9.83. The molecule has 2 bridgehead atoms. The molecule has 3 aliphatic rings. The molecule has 3 aliphatic heterocycles. The van der Waals surface area contributed by atoms with Gasteiger partial charge in [0.25, 0.3) is 0 Å². The fourth-order valence-electron chi connectivity index (χ4n) is 3.42. The summed E-state index contributed by atoms with van der Waals surface area (Å²) >= 11 is 0. The van der Waals surface area contributed by atoms with Crippen molar-refractivity contribution in [2.45, 2.75) is 18.9 Å². The van der Waals surface area contributed by atoms with E-state index in [1.165, 1.54) is 25.9 Å². The smallest absolute Gasteiger partial charge is 0.177 e. The van der Waals surface area contributed by atoms with Crippen LogP contribution >= 0.6 is 0 Å². The van der Waals surface area contributed by atoms with Crippen LogP contribution in [0.1, 0.15) is 18.4 Å². The number of nitrogens with zero attached hydrogens (tertiary/aromatic N) is 3. The van der Waals surface area contributed by atoms with Gasteiger partial charge in [0.2, 0.25) is 0 Å². The quantitative estimate of drug-likeness (QED) is 0.904. The summed E-state index contributed by atoms with van der Waals surface area (Å²) in [4.78, 5) is 2.51. The van der Waals surface area contributed by atoms with Crippen molar-refractivity contribution in [1.82, 2.24) is 10.1 Å². The van der Waals surface area contributed by atoms with Crippen LogP contribution in [0.3, 0.4) is 0 Å². The Bertz CT molecular complexity index is 679. The van der Waals surface area contributed by atoms with Gasteiger partial charge in [0.15, 0.2) is 11.4 Å². The predicted octanol–water partition coefficient (Wildman–Crippen LogP) is 2.21. The fourth-order valence-corrected chi connectivity index (χ4v) is 3.42. The van der Waals surface area contributed by atoms with Gasteiger partial charge >= 0.3 is 0 Å². The third kappa shape index (κ3) is 1.84. The third-order valence-electron chi connectivity index (χ3n) is 4.58. The zero-order valence-electron chi connectivity index (χ0n) is 11.2. The van der Waals surface area contributed by atoms with Gasteiger partial charge in [0.05, 0.1) is 17.0 Å². The zero-order valence-corrected chi connectivity index (χ0v) is 11.2. The number of rotatable bonds is 2. The third-order valence-corrected chi connectivity index (χ3v) is 4.58. The van der Waals surface area contributed by atoms with Crippen molar-refractivity contribution >= 4 is 16.8 Å². The first-order valence-electron chi connectivity index (χ1n) is 7.12. The molecule has 2 aromatic rings. The molecular weight excluding hydrogens is 252 g/mol. The minimum absolute atomic E-state index is 0.460. The van der Waals surface area contributed by atoms with Gasteiger partial charge < -0.3 is 14.7 Å². The van der Waals surface area contributed by atoms with E-state index in [-0.39, 0.29) is 0 Å². The molecule has 1 aromatic heterocycles. The second-order valence-electron chi connectivity index (χ2n) is 5.74. The Morgan fingerprint density at radius 3 is 2.90 bits per heavy atom. The van der Waals surface area contributed by atoms with E-state index >= 15 is 0 Å². The van der Waals surface area contributed by atoms with E-state index in [1.54, 1.807) is 12.1 Å². The number of piperidine rings is 3. The van der Waals surface area contributed by atoms with Gasteiger partial charge in [-0.05, 0) is 44.0 Å². The number of nitrogens with one attached hydrogen (secondary N) is 1. The van der Waals surface area contributed by atoms with Crippen LogP contribution in [0, 0.1) is 17.2 Å². The molecule has 5 nitrogen and oxygen atoms in total. The van der Waals surface area contributed by atoms with Crippen LogP contribution in [0.4, 0.5) is 5.82 Å². The molecule has 3 saturated heterocycles. The molecule has 0 unspecified atom stereocenters. The van der Waals surface area contributed by atoms with Gasteiger partial charge in [-0.3, -0.25) is 0 Å². The lowest BCUT2D eigenvalue weighted by atomic mass is 9.84. The first-order valence-corrected chi connectivity index (χ1v) is 7.12. The number of hydrogen-bond acceptors (Lipinski definition) is 5. The number of hydrogen-bond donors (Lipinski definition) is 1. The van der Waals surface area contributed by atoms with Crippen LogP contribution in [0.15, 0.2) is 22.7 Å². The van der Waals surface area contributed by atoms with Gasteiger partial charge in [-0.2, -0.15) is 5.26 Å². The van der Waals surface area contributed by atoms with Gasteiger partial charge in [-0.1, -0.05) is 5.16 Å². The molecule has 1 atom stereocenters. The lowest BCUT2D eigenvalue weighted by Gasteiger charge is -2.44. The Morgan fingerprint density at radius 1 is 1.35 bits per heavy atom. The lowest BCUT2D eigenvalue weighted by molar-refractivity contribution is 0.0973. The maximum atomic E-state index is 8.90. The van der Waals surface area contributed by atoms with Crippen LogP contribution < -0.4 is 5.32 Å². The summed E-state index contributed by atoms with van der Waals surface area (Å²) in [7, 11) is 0. The Balaban J connectivity index is 1.61. The average Bonchev–Trinajstić information content (AvgIpc) is 2.91. The number of fused-ring (bicyclic) bond motifs is 4. The molecule has 1 aromatic carbocycles. The predicted molar refractivity (Wildman–Crippen MR) is 75.3 cm³/mol. The number of nitriles is 1. The summed E-state index contributed by atoms with van der Waals surface area (Å²) in [6.07, 6.45) is 2.54. The van der Waals surface area contributed by atoms with Crippen molar-refractivity contribution in [2.24, 2.45) is 5.92 Å². The molecule has 0 aliphatic carbocycles. The molecule has 5 rings (SSSR count). The fraction of sp³-hybridized carbons (Fsp3) is 0.467. The minimum atomic E-state index is 0.460. The van der Waals surface area contributed by atoms with E-state index < -0.39 is 0 Å². The highest BCUT2D eigenvalue weighted by Crippen LogP contribution is 2.31. The van der Waals surface area contributed by atoms with Crippen molar-refractivity contribution in [3.63, 3.8) is 0 Å². The minimum Gasteiger partial charge on any atom is -0.362 e. The second kappa shape index (κ2) is 4.50. The maximum Gasteiger partial charge on any atom is 0.177 e. The number of anilines is 1. The van der Waals surface area contributed by atoms with E-state index in [2.05, 4.69) is 21.4 Å². The topological polar surface area (TPSA) is 65.1 Å².